The molecule has 0 aliphatic rings. The molecule has 0 amide bonds. The Morgan fingerprint density at radius 2 is 1.94 bits per heavy atom. The van der Waals surface area contributed by atoms with Crippen LogP contribution in [0, 0.1) is 15.9 Å². The van der Waals surface area contributed by atoms with Crippen molar-refractivity contribution in [2.24, 2.45) is 0 Å². The van der Waals surface area contributed by atoms with Crippen LogP contribution in [0.4, 0.5) is 27.1 Å². The summed E-state index contributed by atoms with van der Waals surface area (Å²) in [6, 6.07) is 9.93. The number of nitrogen functional groups attached to an aromatic ring is 1. The highest BCUT2D eigenvalue weighted by Crippen LogP contribution is 2.25. The summed E-state index contributed by atoms with van der Waals surface area (Å²) in [6.07, 6.45) is 0. The smallest absolute Gasteiger partial charge is 0.273 e. The second-order valence-electron chi connectivity index (χ2n) is 3.71. The third kappa shape index (κ3) is 2.73. The van der Waals surface area contributed by atoms with Gasteiger partial charge in [-0.1, -0.05) is 6.07 Å². The molecule has 18 heavy (non-hydrogen) atoms. The zero-order valence-corrected chi connectivity index (χ0v) is 9.26. The molecular formula is C12H10FN3O2. The Hall–Kier alpha value is -2.63. The van der Waals surface area contributed by atoms with Gasteiger partial charge in [0, 0.05) is 29.2 Å². The average Bonchev–Trinajstić information content (AvgIpc) is 2.28. The van der Waals surface area contributed by atoms with Crippen molar-refractivity contribution < 1.29 is 9.31 Å². The van der Waals surface area contributed by atoms with Gasteiger partial charge in [-0.05, 0) is 24.3 Å². The number of nitro groups is 1. The van der Waals surface area contributed by atoms with E-state index < -0.39 is 10.7 Å². The molecule has 0 unspecified atom stereocenters. The van der Waals surface area contributed by atoms with Gasteiger partial charge in [0.1, 0.15) is 5.82 Å². The molecule has 5 nitrogen and oxygen atoms in total. The predicted molar refractivity (Wildman–Crippen MR) is 67.2 cm³/mol. The molecule has 0 fully saturated rings. The van der Waals surface area contributed by atoms with Crippen LogP contribution < -0.4 is 11.1 Å². The number of hydrogen-bond acceptors (Lipinski definition) is 4. The number of nitrogens with one attached hydrogen (secondary N) is 1. The predicted octanol–water partition coefficient (Wildman–Crippen LogP) is 3.06. The van der Waals surface area contributed by atoms with Crippen LogP contribution in [0.1, 0.15) is 0 Å². The van der Waals surface area contributed by atoms with Gasteiger partial charge >= 0.3 is 0 Å². The van der Waals surface area contributed by atoms with E-state index in [2.05, 4.69) is 5.32 Å². The van der Waals surface area contributed by atoms with E-state index in [4.69, 9.17) is 5.73 Å². The second-order valence-corrected chi connectivity index (χ2v) is 3.71. The van der Waals surface area contributed by atoms with Gasteiger partial charge in [-0.25, -0.2) is 4.39 Å². The highest BCUT2D eigenvalue weighted by atomic mass is 19.1. The molecule has 3 N–H and O–H groups in total. The van der Waals surface area contributed by atoms with E-state index in [1.807, 2.05) is 0 Å². The standard InChI is InChI=1S/C12H10FN3O2/c13-8-2-1-3-10(4-8)15-11-5-9(14)6-12(7-11)16(17)18/h1-7,15H,14H2. The van der Waals surface area contributed by atoms with Gasteiger partial charge in [0.2, 0.25) is 0 Å². The SMILES string of the molecule is Nc1cc(Nc2cccc(F)c2)cc([N+](=O)[O-])c1. The first-order valence-electron chi connectivity index (χ1n) is 5.12. The first-order chi connectivity index (χ1) is 8.54. The summed E-state index contributed by atoms with van der Waals surface area (Å²) >= 11 is 0. The summed E-state index contributed by atoms with van der Waals surface area (Å²) in [5, 5.41) is 13.5. The first kappa shape index (κ1) is 11.8. The number of halogens is 1. The van der Waals surface area contributed by atoms with Crippen LogP contribution in [0.15, 0.2) is 42.5 Å². The lowest BCUT2D eigenvalue weighted by Crippen LogP contribution is -1.96. The lowest BCUT2D eigenvalue weighted by atomic mass is 10.2. The van der Waals surface area contributed by atoms with Gasteiger partial charge in [0.05, 0.1) is 4.92 Å². The topological polar surface area (TPSA) is 81.2 Å². The lowest BCUT2D eigenvalue weighted by Gasteiger charge is -2.07. The monoisotopic (exact) mass is 247 g/mol. The fourth-order valence-electron chi connectivity index (χ4n) is 1.55. The summed E-state index contributed by atoms with van der Waals surface area (Å²) in [4.78, 5) is 10.1. The Morgan fingerprint density at radius 1 is 1.17 bits per heavy atom. The van der Waals surface area contributed by atoms with E-state index in [9.17, 15) is 14.5 Å². The molecule has 0 aliphatic heterocycles. The summed E-state index contributed by atoms with van der Waals surface area (Å²) in [5.74, 6) is -0.390. The largest absolute Gasteiger partial charge is 0.398 e. The molecule has 0 aliphatic carbocycles. The minimum Gasteiger partial charge on any atom is -0.398 e. The van der Waals surface area contributed by atoms with Crippen LogP contribution in [0.5, 0.6) is 0 Å². The van der Waals surface area contributed by atoms with Crippen LogP contribution in [0.2, 0.25) is 0 Å². The molecule has 2 rings (SSSR count). The van der Waals surface area contributed by atoms with E-state index >= 15 is 0 Å². The minimum absolute atomic E-state index is 0.117. The van der Waals surface area contributed by atoms with Gasteiger partial charge in [-0.3, -0.25) is 10.1 Å². The van der Waals surface area contributed by atoms with Crippen molar-refractivity contribution in [3.05, 3.63) is 58.4 Å². The lowest BCUT2D eigenvalue weighted by molar-refractivity contribution is -0.384. The summed E-state index contributed by atoms with van der Waals surface area (Å²) in [5.41, 5.74) is 6.64. The molecule has 0 atom stereocenters. The van der Waals surface area contributed by atoms with Gasteiger partial charge in [0.15, 0.2) is 0 Å². The summed E-state index contributed by atoms with van der Waals surface area (Å²) < 4.78 is 13.0. The molecule has 0 spiro atoms. The molecule has 2 aromatic carbocycles. The number of nitro benzene ring substituents is 1. The number of nitrogens with two attached hydrogens (primary N) is 1. The van der Waals surface area contributed by atoms with Crippen LogP contribution in [0.3, 0.4) is 0 Å². The normalized spacial score (nSPS) is 10.1. The van der Waals surface area contributed by atoms with E-state index in [0.29, 0.717) is 11.4 Å². The fraction of sp³-hybridized carbons (Fsp3) is 0. The maximum atomic E-state index is 13.0. The Labute approximate surface area is 102 Å². The number of benzene rings is 2. The third-order valence-electron chi connectivity index (χ3n) is 2.26. The average molecular weight is 247 g/mol. The number of nitrogens with zero attached hydrogens (tertiary/aromatic N) is 1. The van der Waals surface area contributed by atoms with E-state index in [0.717, 1.165) is 0 Å². The zero-order chi connectivity index (χ0) is 13.1. The third-order valence-corrected chi connectivity index (χ3v) is 2.26. The Morgan fingerprint density at radius 3 is 2.61 bits per heavy atom. The van der Waals surface area contributed by atoms with Crippen LogP contribution in [-0.4, -0.2) is 4.92 Å². The number of rotatable bonds is 3. The van der Waals surface area contributed by atoms with Gasteiger partial charge < -0.3 is 11.1 Å². The maximum absolute atomic E-state index is 13.0. The van der Waals surface area contributed by atoms with Crippen molar-refractivity contribution in [2.45, 2.75) is 0 Å². The molecule has 0 aromatic heterocycles. The minimum atomic E-state index is -0.535. The zero-order valence-electron chi connectivity index (χ0n) is 9.26. The molecule has 0 heterocycles. The van der Waals surface area contributed by atoms with Gasteiger partial charge in [-0.15, -0.1) is 0 Å². The van der Waals surface area contributed by atoms with Gasteiger partial charge in [-0.2, -0.15) is 0 Å². The number of hydrogen-bond donors (Lipinski definition) is 2. The first-order valence-corrected chi connectivity index (χ1v) is 5.12. The Bertz CT molecular complexity index is 602. The Kier molecular flexibility index (Phi) is 3.09. The molecule has 0 radical (unpaired) electrons. The van der Waals surface area contributed by atoms with Gasteiger partial charge in [0.25, 0.3) is 5.69 Å². The quantitative estimate of drug-likeness (QED) is 0.496. The highest BCUT2D eigenvalue weighted by Gasteiger charge is 2.08. The van der Waals surface area contributed by atoms with E-state index in [-0.39, 0.29) is 11.4 Å². The van der Waals surface area contributed by atoms with Crippen molar-refractivity contribution in [1.29, 1.82) is 0 Å². The van der Waals surface area contributed by atoms with Crippen molar-refractivity contribution in [3.8, 4) is 0 Å². The summed E-state index contributed by atoms with van der Waals surface area (Å²) in [6.45, 7) is 0. The molecule has 0 saturated heterocycles. The molecule has 92 valence electrons. The maximum Gasteiger partial charge on any atom is 0.273 e. The molecular weight excluding hydrogens is 237 g/mol. The van der Waals surface area contributed by atoms with Crippen molar-refractivity contribution >= 4 is 22.7 Å². The van der Waals surface area contributed by atoms with Crippen LogP contribution >= 0.6 is 0 Å². The van der Waals surface area contributed by atoms with Crippen molar-refractivity contribution in [1.82, 2.24) is 0 Å². The number of anilines is 3. The van der Waals surface area contributed by atoms with Crippen LogP contribution in [-0.2, 0) is 0 Å². The van der Waals surface area contributed by atoms with E-state index in [1.54, 1.807) is 12.1 Å². The van der Waals surface area contributed by atoms with E-state index in [1.165, 1.54) is 30.3 Å². The molecule has 6 heteroatoms. The number of non-ortho nitro benzene ring substituents is 1. The van der Waals surface area contributed by atoms with Crippen molar-refractivity contribution in [2.75, 3.05) is 11.1 Å². The fourth-order valence-corrected chi connectivity index (χ4v) is 1.55. The molecule has 0 bridgehead atoms. The molecule has 0 saturated carbocycles. The van der Waals surface area contributed by atoms with Crippen LogP contribution in [0.25, 0.3) is 0 Å². The summed E-state index contributed by atoms with van der Waals surface area (Å²) in [7, 11) is 0. The highest BCUT2D eigenvalue weighted by molar-refractivity contribution is 5.67. The Balaban J connectivity index is 2.31. The van der Waals surface area contributed by atoms with Crippen molar-refractivity contribution in [3.63, 3.8) is 0 Å². The second kappa shape index (κ2) is 4.70. The molecule has 2 aromatic rings.